The minimum absolute atomic E-state index is 0.486. The first kappa shape index (κ1) is 8.61. The number of carboxylic acid groups (broad SMARTS) is 1. The summed E-state index contributed by atoms with van der Waals surface area (Å²) in [6, 6.07) is 0. The van der Waals surface area contributed by atoms with Gasteiger partial charge in [-0.1, -0.05) is 0 Å². The molecule has 10 heavy (non-hydrogen) atoms. The van der Waals surface area contributed by atoms with Gasteiger partial charge in [0.2, 0.25) is 0 Å². The molecular weight excluding hydrogens is 139 g/mol. The van der Waals surface area contributed by atoms with E-state index in [1.54, 1.807) is 0 Å². The van der Waals surface area contributed by atoms with Crippen LogP contribution in [0.2, 0.25) is 0 Å². The Kier molecular flexibility index (Phi) is 2.54. The van der Waals surface area contributed by atoms with Gasteiger partial charge in [-0.05, 0) is 6.92 Å². The third-order valence-corrected chi connectivity index (χ3v) is 0.796. The van der Waals surface area contributed by atoms with Crippen LogP contribution in [0.3, 0.4) is 0 Å². The number of allylic oxidation sites excluding steroid dienone is 1. The fourth-order valence-electron chi connectivity index (χ4n) is 0.296. The molecule has 0 amide bonds. The second-order valence-corrected chi connectivity index (χ2v) is 1.66. The molecule has 0 unspecified atom stereocenters. The molecule has 5 heteroatoms. The fraction of sp³-hybridized carbons (Fsp3) is 0.200. The zero-order valence-corrected chi connectivity index (χ0v) is 5.31. The molecule has 0 saturated carbocycles. The molecule has 0 heterocycles. The average Bonchev–Trinajstić information content (AvgIpc) is 1.84. The first-order valence-electron chi connectivity index (χ1n) is 2.41. The summed E-state index contributed by atoms with van der Waals surface area (Å²) in [7, 11) is 0. The quantitative estimate of drug-likeness (QED) is 0.385. The van der Waals surface area contributed by atoms with Crippen molar-refractivity contribution in [1.29, 1.82) is 5.41 Å². The molecule has 0 saturated heterocycles. The van der Waals surface area contributed by atoms with Crippen LogP contribution in [-0.2, 0) is 4.79 Å². The van der Waals surface area contributed by atoms with Crippen molar-refractivity contribution in [1.82, 2.24) is 0 Å². The minimum Gasteiger partial charge on any atom is -0.477 e. The molecule has 0 spiro atoms. The van der Waals surface area contributed by atoms with E-state index in [4.69, 9.17) is 16.2 Å². The van der Waals surface area contributed by atoms with Gasteiger partial charge < -0.3 is 16.2 Å². The number of hydrogen-bond donors (Lipinski definition) is 3. The molecule has 0 aliphatic rings. The number of carbonyl (C=O) groups is 1. The largest absolute Gasteiger partial charge is 0.477 e. The van der Waals surface area contributed by atoms with Gasteiger partial charge in [-0.15, -0.1) is 0 Å². The lowest BCUT2D eigenvalue weighted by molar-refractivity contribution is -0.132. The average molecular weight is 146 g/mol. The van der Waals surface area contributed by atoms with Gasteiger partial charge in [-0.3, -0.25) is 0 Å². The number of nitrogens with one attached hydrogen (secondary N) is 1. The lowest BCUT2D eigenvalue weighted by Crippen LogP contribution is -2.14. The maximum absolute atomic E-state index is 12.3. The highest BCUT2D eigenvalue weighted by Crippen LogP contribution is 2.01. The van der Waals surface area contributed by atoms with E-state index in [1.807, 2.05) is 0 Å². The first-order valence-corrected chi connectivity index (χ1v) is 2.41. The summed E-state index contributed by atoms with van der Waals surface area (Å²) in [5, 5.41) is 14.7. The van der Waals surface area contributed by atoms with Crippen LogP contribution in [0, 0.1) is 5.41 Å². The van der Waals surface area contributed by atoms with Crippen molar-refractivity contribution in [2.45, 2.75) is 6.92 Å². The maximum Gasteiger partial charge on any atom is 0.354 e. The second kappa shape index (κ2) is 2.95. The van der Waals surface area contributed by atoms with Crippen LogP contribution < -0.4 is 5.73 Å². The van der Waals surface area contributed by atoms with Gasteiger partial charge in [-0.2, -0.15) is 0 Å². The molecule has 56 valence electrons. The first-order chi connectivity index (χ1) is 4.46. The topological polar surface area (TPSA) is 87.2 Å². The molecule has 0 fully saturated rings. The molecule has 0 rings (SSSR count). The van der Waals surface area contributed by atoms with Gasteiger partial charge in [0.15, 0.2) is 11.5 Å². The minimum atomic E-state index is -1.55. The Bertz CT molecular complexity index is 188. The van der Waals surface area contributed by atoms with Crippen molar-refractivity contribution in [3.8, 4) is 0 Å². The Morgan fingerprint density at radius 2 is 2.10 bits per heavy atom. The molecule has 0 aromatic rings. The molecule has 0 aliphatic carbocycles. The van der Waals surface area contributed by atoms with E-state index < -0.39 is 23.2 Å². The van der Waals surface area contributed by atoms with Gasteiger partial charge in [0.1, 0.15) is 0 Å². The Hall–Kier alpha value is -1.39. The van der Waals surface area contributed by atoms with Crippen molar-refractivity contribution in [2.24, 2.45) is 5.73 Å². The van der Waals surface area contributed by atoms with Crippen molar-refractivity contribution < 1.29 is 14.3 Å². The van der Waals surface area contributed by atoms with Crippen LogP contribution in [0.25, 0.3) is 0 Å². The third kappa shape index (κ3) is 1.85. The van der Waals surface area contributed by atoms with E-state index in [0.29, 0.717) is 0 Å². The third-order valence-electron chi connectivity index (χ3n) is 0.796. The number of rotatable bonds is 2. The summed E-state index contributed by atoms with van der Waals surface area (Å²) in [6.07, 6.45) is 0. The van der Waals surface area contributed by atoms with Crippen LogP contribution in [0.4, 0.5) is 4.39 Å². The number of hydrogen-bond acceptors (Lipinski definition) is 3. The molecule has 0 aliphatic heterocycles. The smallest absolute Gasteiger partial charge is 0.354 e. The zero-order chi connectivity index (χ0) is 8.31. The van der Waals surface area contributed by atoms with Crippen molar-refractivity contribution in [2.75, 3.05) is 0 Å². The van der Waals surface area contributed by atoms with Crippen LogP contribution in [0.1, 0.15) is 6.92 Å². The fourth-order valence-corrected chi connectivity index (χ4v) is 0.296. The summed E-state index contributed by atoms with van der Waals surface area (Å²) in [5.74, 6) is -2.74. The molecule has 4 N–H and O–H groups in total. The molecule has 0 aromatic carbocycles. The van der Waals surface area contributed by atoms with Crippen molar-refractivity contribution in [3.63, 3.8) is 0 Å². The molecular formula is C5H7FN2O2. The lowest BCUT2D eigenvalue weighted by Gasteiger charge is -1.95. The van der Waals surface area contributed by atoms with Crippen LogP contribution in [-0.4, -0.2) is 16.8 Å². The Balaban J connectivity index is 4.67. The molecule has 0 radical (unpaired) electrons. The van der Waals surface area contributed by atoms with Gasteiger partial charge in [-0.25, -0.2) is 9.18 Å². The van der Waals surface area contributed by atoms with E-state index in [9.17, 15) is 9.18 Å². The molecule has 0 bridgehead atoms. The second-order valence-electron chi connectivity index (χ2n) is 1.66. The summed E-state index contributed by atoms with van der Waals surface area (Å²) < 4.78 is 12.3. The van der Waals surface area contributed by atoms with Gasteiger partial charge in [0, 0.05) is 0 Å². The molecule has 0 atom stereocenters. The van der Waals surface area contributed by atoms with E-state index in [-0.39, 0.29) is 0 Å². The lowest BCUT2D eigenvalue weighted by atomic mass is 10.3. The van der Waals surface area contributed by atoms with Gasteiger partial charge in [0.25, 0.3) is 0 Å². The Morgan fingerprint density at radius 3 is 2.20 bits per heavy atom. The number of nitrogens with two attached hydrogens (primary N) is 1. The normalized spacial score (nSPS) is 12.2. The number of halogens is 1. The standard InChI is InChI=1S/C5H7FN2O2/c1-2(7)3(6)4(8)5(9)10/h7H,8H2,1H3,(H,9,10)/b4-3+,7-2?. The van der Waals surface area contributed by atoms with Gasteiger partial charge in [0.05, 0.1) is 5.71 Å². The molecule has 0 aromatic heterocycles. The maximum atomic E-state index is 12.3. The van der Waals surface area contributed by atoms with Crippen molar-refractivity contribution in [3.05, 3.63) is 11.5 Å². The van der Waals surface area contributed by atoms with E-state index in [0.717, 1.165) is 6.92 Å². The zero-order valence-electron chi connectivity index (χ0n) is 5.31. The highest BCUT2D eigenvalue weighted by Gasteiger charge is 2.10. The van der Waals surface area contributed by atoms with Gasteiger partial charge >= 0.3 is 5.97 Å². The summed E-state index contributed by atoms with van der Waals surface area (Å²) in [4.78, 5) is 9.93. The van der Waals surface area contributed by atoms with Crippen LogP contribution in [0.15, 0.2) is 11.5 Å². The highest BCUT2D eigenvalue weighted by atomic mass is 19.1. The monoisotopic (exact) mass is 146 g/mol. The van der Waals surface area contributed by atoms with Crippen molar-refractivity contribution >= 4 is 11.7 Å². The van der Waals surface area contributed by atoms with Crippen LogP contribution in [0.5, 0.6) is 0 Å². The summed E-state index contributed by atoms with van der Waals surface area (Å²) in [6.45, 7) is 1.12. The van der Waals surface area contributed by atoms with E-state index in [2.05, 4.69) is 0 Å². The van der Waals surface area contributed by atoms with Crippen LogP contribution >= 0.6 is 0 Å². The van der Waals surface area contributed by atoms with E-state index >= 15 is 0 Å². The summed E-state index contributed by atoms with van der Waals surface area (Å²) >= 11 is 0. The Morgan fingerprint density at radius 1 is 1.70 bits per heavy atom. The Labute approximate surface area is 56.7 Å². The SMILES string of the molecule is CC(=N)/C(F)=C(\N)C(=O)O. The van der Waals surface area contributed by atoms with E-state index in [1.165, 1.54) is 0 Å². The predicted molar refractivity (Wildman–Crippen MR) is 33.4 cm³/mol. The summed E-state index contributed by atoms with van der Waals surface area (Å²) in [5.41, 5.74) is 3.32. The molecule has 4 nitrogen and oxygen atoms in total. The highest BCUT2D eigenvalue weighted by molar-refractivity contribution is 6.01. The predicted octanol–water partition coefficient (Wildman–Crippen LogP) is 0.250. The number of aliphatic carboxylic acids is 1. The number of carboxylic acids is 1.